The molecular formula is C10H22O2. The van der Waals surface area contributed by atoms with Crippen LogP contribution in [0.3, 0.4) is 0 Å². The topological polar surface area (TPSA) is 40.5 Å². The molecule has 0 amide bonds. The molecule has 0 fully saturated rings. The number of aliphatic hydroxyl groups excluding tert-OH is 2. The number of hydrogen-bond acceptors (Lipinski definition) is 2. The third kappa shape index (κ3) is 2.20. The van der Waals surface area contributed by atoms with Crippen LogP contribution in [0.5, 0.6) is 0 Å². The van der Waals surface area contributed by atoms with Crippen LogP contribution < -0.4 is 0 Å². The molecule has 0 radical (unpaired) electrons. The Hall–Kier alpha value is -0.0800. The second-order valence-corrected chi connectivity index (χ2v) is 3.55. The summed E-state index contributed by atoms with van der Waals surface area (Å²) in [6.07, 6.45) is 2.92. The lowest BCUT2D eigenvalue weighted by atomic mass is 9.72. The van der Waals surface area contributed by atoms with Crippen molar-refractivity contribution in [2.75, 3.05) is 13.2 Å². The zero-order valence-corrected chi connectivity index (χ0v) is 8.51. The quantitative estimate of drug-likeness (QED) is 0.644. The van der Waals surface area contributed by atoms with Crippen molar-refractivity contribution < 1.29 is 10.2 Å². The van der Waals surface area contributed by atoms with E-state index in [0.717, 1.165) is 19.3 Å². The second-order valence-electron chi connectivity index (χ2n) is 3.55. The summed E-state index contributed by atoms with van der Waals surface area (Å²) < 4.78 is 0. The molecule has 0 rings (SSSR count). The Morgan fingerprint density at radius 2 is 1.42 bits per heavy atom. The van der Waals surface area contributed by atoms with Crippen molar-refractivity contribution in [3.05, 3.63) is 0 Å². The predicted octanol–water partition coefficient (Wildman–Crippen LogP) is 1.80. The molecule has 2 nitrogen and oxygen atoms in total. The van der Waals surface area contributed by atoms with E-state index in [1.165, 1.54) is 0 Å². The molecule has 0 spiro atoms. The van der Waals surface area contributed by atoms with Gasteiger partial charge in [0.2, 0.25) is 0 Å². The summed E-state index contributed by atoms with van der Waals surface area (Å²) in [5, 5.41) is 18.5. The van der Waals surface area contributed by atoms with Crippen LogP contribution in [-0.4, -0.2) is 23.4 Å². The molecule has 12 heavy (non-hydrogen) atoms. The first-order valence-electron chi connectivity index (χ1n) is 4.92. The number of hydrogen-bond donors (Lipinski definition) is 2. The highest BCUT2D eigenvalue weighted by Crippen LogP contribution is 2.35. The maximum atomic E-state index is 9.25. The van der Waals surface area contributed by atoms with Crippen molar-refractivity contribution in [1.29, 1.82) is 0 Å². The fraction of sp³-hybridized carbons (Fsp3) is 1.00. The summed E-state index contributed by atoms with van der Waals surface area (Å²) >= 11 is 0. The van der Waals surface area contributed by atoms with Crippen molar-refractivity contribution in [3.8, 4) is 0 Å². The molecule has 0 aromatic carbocycles. The second kappa shape index (κ2) is 5.55. The summed E-state index contributed by atoms with van der Waals surface area (Å²) in [5.74, 6) is 0.442. The molecule has 2 heteroatoms. The third-order valence-corrected chi connectivity index (χ3v) is 3.19. The fourth-order valence-electron chi connectivity index (χ4n) is 1.98. The average molecular weight is 174 g/mol. The molecule has 0 unspecified atom stereocenters. The smallest absolute Gasteiger partial charge is 0.0511 e. The highest BCUT2D eigenvalue weighted by molar-refractivity contribution is 4.82. The van der Waals surface area contributed by atoms with E-state index < -0.39 is 0 Å². The summed E-state index contributed by atoms with van der Waals surface area (Å²) in [7, 11) is 0. The standard InChI is InChI=1S/C10H22O2/c1-4-9(5-2)10(6-3,7-11)8-12/h9,11-12H,4-8H2,1-3H3. The zero-order chi connectivity index (χ0) is 9.61. The van der Waals surface area contributed by atoms with Gasteiger partial charge >= 0.3 is 0 Å². The van der Waals surface area contributed by atoms with E-state index in [1.54, 1.807) is 0 Å². The molecule has 74 valence electrons. The van der Waals surface area contributed by atoms with Crippen molar-refractivity contribution in [2.45, 2.75) is 40.0 Å². The lowest BCUT2D eigenvalue weighted by molar-refractivity contribution is -0.00297. The van der Waals surface area contributed by atoms with Crippen LogP contribution in [0.2, 0.25) is 0 Å². The predicted molar refractivity (Wildman–Crippen MR) is 51.0 cm³/mol. The lowest BCUT2D eigenvalue weighted by Crippen LogP contribution is -2.37. The van der Waals surface area contributed by atoms with Gasteiger partial charge in [-0.3, -0.25) is 0 Å². The fourth-order valence-corrected chi connectivity index (χ4v) is 1.98. The van der Waals surface area contributed by atoms with Crippen LogP contribution >= 0.6 is 0 Å². The van der Waals surface area contributed by atoms with E-state index >= 15 is 0 Å². The van der Waals surface area contributed by atoms with E-state index in [1.807, 2.05) is 6.92 Å². The molecule has 0 aliphatic heterocycles. The molecular weight excluding hydrogens is 152 g/mol. The Kier molecular flexibility index (Phi) is 5.51. The maximum absolute atomic E-state index is 9.25. The van der Waals surface area contributed by atoms with Crippen molar-refractivity contribution >= 4 is 0 Å². The van der Waals surface area contributed by atoms with Gasteiger partial charge < -0.3 is 10.2 Å². The van der Waals surface area contributed by atoms with Gasteiger partial charge in [-0.15, -0.1) is 0 Å². The van der Waals surface area contributed by atoms with Gasteiger partial charge in [-0.05, 0) is 12.3 Å². The van der Waals surface area contributed by atoms with Gasteiger partial charge in [0, 0.05) is 5.41 Å². The molecule has 0 saturated heterocycles. The van der Waals surface area contributed by atoms with Gasteiger partial charge in [0.25, 0.3) is 0 Å². The summed E-state index contributed by atoms with van der Waals surface area (Å²) in [5.41, 5.74) is -0.247. The first kappa shape index (κ1) is 11.9. The van der Waals surface area contributed by atoms with Crippen LogP contribution in [0.15, 0.2) is 0 Å². The van der Waals surface area contributed by atoms with Gasteiger partial charge in [-0.1, -0.05) is 33.6 Å². The van der Waals surface area contributed by atoms with Crippen molar-refractivity contribution in [3.63, 3.8) is 0 Å². The van der Waals surface area contributed by atoms with Crippen molar-refractivity contribution in [1.82, 2.24) is 0 Å². The Bertz CT molecular complexity index is 96.1. The van der Waals surface area contributed by atoms with Gasteiger partial charge in [-0.25, -0.2) is 0 Å². The van der Waals surface area contributed by atoms with E-state index in [9.17, 15) is 10.2 Å². The van der Waals surface area contributed by atoms with Gasteiger partial charge in [0.1, 0.15) is 0 Å². The van der Waals surface area contributed by atoms with E-state index in [-0.39, 0.29) is 18.6 Å². The molecule has 0 aromatic rings. The minimum Gasteiger partial charge on any atom is -0.396 e. The van der Waals surface area contributed by atoms with E-state index in [0.29, 0.717) is 5.92 Å². The Morgan fingerprint density at radius 3 is 1.50 bits per heavy atom. The third-order valence-electron chi connectivity index (χ3n) is 3.19. The monoisotopic (exact) mass is 174 g/mol. The first-order valence-corrected chi connectivity index (χ1v) is 4.92. The van der Waals surface area contributed by atoms with Gasteiger partial charge in [0.15, 0.2) is 0 Å². The lowest BCUT2D eigenvalue weighted by Gasteiger charge is -2.36. The molecule has 0 saturated carbocycles. The zero-order valence-electron chi connectivity index (χ0n) is 8.51. The largest absolute Gasteiger partial charge is 0.396 e. The van der Waals surface area contributed by atoms with Crippen LogP contribution in [0.1, 0.15) is 40.0 Å². The van der Waals surface area contributed by atoms with Gasteiger partial charge in [0.05, 0.1) is 13.2 Å². The van der Waals surface area contributed by atoms with E-state index in [4.69, 9.17) is 0 Å². The van der Waals surface area contributed by atoms with Crippen molar-refractivity contribution in [2.24, 2.45) is 11.3 Å². The van der Waals surface area contributed by atoms with Crippen LogP contribution in [0, 0.1) is 11.3 Å². The summed E-state index contributed by atoms with van der Waals surface area (Å²) in [6.45, 7) is 6.47. The minimum atomic E-state index is -0.247. The highest BCUT2D eigenvalue weighted by Gasteiger charge is 2.33. The Balaban J connectivity index is 4.42. The average Bonchev–Trinajstić information content (AvgIpc) is 2.14. The van der Waals surface area contributed by atoms with Crippen LogP contribution in [-0.2, 0) is 0 Å². The summed E-state index contributed by atoms with van der Waals surface area (Å²) in [6, 6.07) is 0. The molecule has 0 aliphatic carbocycles. The van der Waals surface area contributed by atoms with Crippen LogP contribution in [0.4, 0.5) is 0 Å². The number of aliphatic hydroxyl groups is 2. The molecule has 0 atom stereocenters. The van der Waals surface area contributed by atoms with Gasteiger partial charge in [-0.2, -0.15) is 0 Å². The Morgan fingerprint density at radius 1 is 1.00 bits per heavy atom. The molecule has 0 aromatic heterocycles. The SMILES string of the molecule is CCC(CC)C(CC)(CO)CO. The number of rotatable bonds is 6. The summed E-state index contributed by atoms with van der Waals surface area (Å²) in [4.78, 5) is 0. The molecule has 0 heterocycles. The maximum Gasteiger partial charge on any atom is 0.0511 e. The molecule has 0 aliphatic rings. The normalized spacial score (nSPS) is 12.5. The van der Waals surface area contributed by atoms with Crippen LogP contribution in [0.25, 0.3) is 0 Å². The van der Waals surface area contributed by atoms with E-state index in [2.05, 4.69) is 13.8 Å². The Labute approximate surface area is 75.6 Å². The molecule has 2 N–H and O–H groups in total. The minimum absolute atomic E-state index is 0.104. The molecule has 0 bridgehead atoms. The first-order chi connectivity index (χ1) is 5.70. The highest BCUT2D eigenvalue weighted by atomic mass is 16.3.